The number of benzene rings is 2. The molecule has 9 heteroatoms. The number of nitrogens with zero attached hydrogens (tertiary/aromatic N) is 4. The second-order valence-corrected chi connectivity index (χ2v) is 8.89. The number of hydrogen-bond donors (Lipinski definition) is 2. The summed E-state index contributed by atoms with van der Waals surface area (Å²) in [6, 6.07) is 12.4. The standard InChI is InChI=1S/C24H31N5O4/c1-15-7-9-16(10-8-15)18(14-21(30)31)25-22(23-26-27-28-29(23)24(2,3)4)17-11-12-19(32-5)20(13-17)33-6/h7-13,18,22,25H,14H2,1-6H3,(H,30,31). The van der Waals surface area contributed by atoms with Gasteiger partial charge >= 0.3 is 5.97 Å². The molecule has 3 rings (SSSR count). The van der Waals surface area contributed by atoms with Crippen molar-refractivity contribution < 1.29 is 19.4 Å². The van der Waals surface area contributed by atoms with E-state index in [1.165, 1.54) is 0 Å². The summed E-state index contributed by atoms with van der Waals surface area (Å²) >= 11 is 0. The highest BCUT2D eigenvalue weighted by Gasteiger charge is 2.30. The van der Waals surface area contributed by atoms with Crippen molar-refractivity contribution in [3.63, 3.8) is 0 Å². The Morgan fingerprint density at radius 1 is 1.06 bits per heavy atom. The third kappa shape index (κ3) is 5.67. The molecule has 1 heterocycles. The van der Waals surface area contributed by atoms with Crippen LogP contribution in [0.1, 0.15) is 61.8 Å². The largest absolute Gasteiger partial charge is 0.493 e. The van der Waals surface area contributed by atoms with Gasteiger partial charge in [0.25, 0.3) is 0 Å². The van der Waals surface area contributed by atoms with Crippen LogP contribution in [0.15, 0.2) is 42.5 Å². The molecule has 1 aromatic heterocycles. The van der Waals surface area contributed by atoms with Crippen LogP contribution in [0.4, 0.5) is 0 Å². The Morgan fingerprint density at radius 3 is 2.27 bits per heavy atom. The van der Waals surface area contributed by atoms with E-state index in [-0.39, 0.29) is 12.0 Å². The number of carboxylic acids is 1. The van der Waals surface area contributed by atoms with E-state index in [0.717, 1.165) is 16.7 Å². The molecule has 0 radical (unpaired) electrons. The Kier molecular flexibility index (Phi) is 7.33. The third-order valence-electron chi connectivity index (χ3n) is 5.35. The van der Waals surface area contributed by atoms with Crippen molar-refractivity contribution in [2.24, 2.45) is 0 Å². The number of tetrazole rings is 1. The maximum atomic E-state index is 11.7. The molecule has 2 aromatic carbocycles. The van der Waals surface area contributed by atoms with E-state index in [9.17, 15) is 9.90 Å². The number of ether oxygens (including phenoxy) is 2. The average molecular weight is 454 g/mol. The molecule has 2 atom stereocenters. The second-order valence-electron chi connectivity index (χ2n) is 8.89. The predicted molar refractivity (Wildman–Crippen MR) is 124 cm³/mol. The van der Waals surface area contributed by atoms with Crippen LogP contribution in [0.3, 0.4) is 0 Å². The topological polar surface area (TPSA) is 111 Å². The molecule has 3 aromatic rings. The molecular weight excluding hydrogens is 422 g/mol. The van der Waals surface area contributed by atoms with Gasteiger partial charge in [0.2, 0.25) is 0 Å². The van der Waals surface area contributed by atoms with Gasteiger partial charge in [-0.15, -0.1) is 5.10 Å². The van der Waals surface area contributed by atoms with Crippen molar-refractivity contribution in [2.75, 3.05) is 14.2 Å². The summed E-state index contributed by atoms with van der Waals surface area (Å²) in [6.07, 6.45) is -0.107. The fourth-order valence-electron chi connectivity index (χ4n) is 3.65. The number of hydrogen-bond acceptors (Lipinski definition) is 7. The van der Waals surface area contributed by atoms with Crippen molar-refractivity contribution in [3.8, 4) is 11.5 Å². The first-order valence-corrected chi connectivity index (χ1v) is 10.7. The van der Waals surface area contributed by atoms with Crippen LogP contribution in [-0.2, 0) is 10.3 Å². The number of aromatic nitrogens is 4. The van der Waals surface area contributed by atoms with Gasteiger partial charge in [-0.3, -0.25) is 10.1 Å². The van der Waals surface area contributed by atoms with Crippen molar-refractivity contribution in [1.29, 1.82) is 0 Å². The lowest BCUT2D eigenvalue weighted by Gasteiger charge is -2.28. The normalized spacial score (nSPS) is 13.4. The quantitative estimate of drug-likeness (QED) is 0.505. The third-order valence-corrected chi connectivity index (χ3v) is 5.35. The molecule has 0 aliphatic rings. The zero-order valence-corrected chi connectivity index (χ0v) is 19.9. The second kappa shape index (κ2) is 9.99. The molecular formula is C24H31N5O4. The lowest BCUT2D eigenvalue weighted by molar-refractivity contribution is -0.137. The highest BCUT2D eigenvalue weighted by molar-refractivity contribution is 5.68. The highest BCUT2D eigenvalue weighted by Crippen LogP contribution is 2.34. The molecule has 33 heavy (non-hydrogen) atoms. The van der Waals surface area contributed by atoms with Gasteiger partial charge in [0.05, 0.1) is 32.2 Å². The van der Waals surface area contributed by atoms with E-state index < -0.39 is 18.1 Å². The van der Waals surface area contributed by atoms with Gasteiger partial charge in [0.1, 0.15) is 0 Å². The number of aryl methyl sites for hydroxylation is 1. The number of methoxy groups -OCH3 is 2. The minimum Gasteiger partial charge on any atom is -0.493 e. The Bertz CT molecular complexity index is 1090. The van der Waals surface area contributed by atoms with Crippen LogP contribution in [0.5, 0.6) is 11.5 Å². The molecule has 0 aliphatic carbocycles. The average Bonchev–Trinajstić information content (AvgIpc) is 3.26. The van der Waals surface area contributed by atoms with Crippen LogP contribution in [0.25, 0.3) is 0 Å². The van der Waals surface area contributed by atoms with Crippen LogP contribution in [0.2, 0.25) is 0 Å². The van der Waals surface area contributed by atoms with Crippen LogP contribution in [-0.4, -0.2) is 45.5 Å². The summed E-state index contributed by atoms with van der Waals surface area (Å²) in [4.78, 5) is 11.7. The molecule has 0 saturated carbocycles. The van der Waals surface area contributed by atoms with E-state index in [1.54, 1.807) is 18.9 Å². The zero-order chi connectivity index (χ0) is 24.2. The van der Waals surface area contributed by atoms with Crippen molar-refractivity contribution >= 4 is 5.97 Å². The minimum absolute atomic E-state index is 0.107. The van der Waals surface area contributed by atoms with Gasteiger partial charge in [-0.2, -0.15) is 0 Å². The van der Waals surface area contributed by atoms with Gasteiger partial charge in [0.15, 0.2) is 17.3 Å². The zero-order valence-electron chi connectivity index (χ0n) is 19.9. The molecule has 0 saturated heterocycles. The van der Waals surface area contributed by atoms with E-state index in [2.05, 4.69) is 20.8 Å². The summed E-state index contributed by atoms with van der Waals surface area (Å²) in [5.74, 6) is 0.810. The first-order valence-electron chi connectivity index (χ1n) is 10.7. The Balaban J connectivity index is 2.13. The maximum Gasteiger partial charge on any atom is 0.305 e. The summed E-state index contributed by atoms with van der Waals surface area (Å²) in [6.45, 7) is 8.01. The lowest BCUT2D eigenvalue weighted by Crippen LogP contribution is -2.34. The lowest BCUT2D eigenvalue weighted by atomic mass is 9.98. The fourth-order valence-corrected chi connectivity index (χ4v) is 3.65. The first-order chi connectivity index (χ1) is 15.6. The number of aliphatic carboxylic acids is 1. The van der Waals surface area contributed by atoms with Crippen LogP contribution < -0.4 is 14.8 Å². The van der Waals surface area contributed by atoms with E-state index in [1.807, 2.05) is 70.2 Å². The molecule has 2 unspecified atom stereocenters. The van der Waals surface area contributed by atoms with E-state index in [0.29, 0.717) is 17.3 Å². The molecule has 0 aliphatic heterocycles. The van der Waals surface area contributed by atoms with Crippen molar-refractivity contribution in [2.45, 2.75) is 51.7 Å². The molecule has 0 bridgehead atoms. The number of carboxylic acid groups (broad SMARTS) is 1. The Morgan fingerprint density at radius 2 is 1.70 bits per heavy atom. The monoisotopic (exact) mass is 453 g/mol. The highest BCUT2D eigenvalue weighted by atomic mass is 16.5. The first kappa shape index (κ1) is 24.2. The molecule has 0 spiro atoms. The summed E-state index contributed by atoms with van der Waals surface area (Å²) in [7, 11) is 3.15. The van der Waals surface area contributed by atoms with Crippen molar-refractivity contribution in [3.05, 3.63) is 65.0 Å². The number of carbonyl (C=O) groups is 1. The van der Waals surface area contributed by atoms with Gasteiger partial charge < -0.3 is 14.6 Å². The minimum atomic E-state index is -0.908. The van der Waals surface area contributed by atoms with Gasteiger partial charge in [-0.1, -0.05) is 35.9 Å². The predicted octanol–water partition coefficient (Wildman–Crippen LogP) is 3.65. The molecule has 176 valence electrons. The van der Waals surface area contributed by atoms with Crippen LogP contribution >= 0.6 is 0 Å². The fraction of sp³-hybridized carbons (Fsp3) is 0.417. The smallest absolute Gasteiger partial charge is 0.305 e. The number of rotatable bonds is 9. The van der Waals surface area contributed by atoms with Crippen LogP contribution in [0, 0.1) is 6.92 Å². The summed E-state index contributed by atoms with van der Waals surface area (Å²) < 4.78 is 12.6. The molecule has 9 nitrogen and oxygen atoms in total. The number of nitrogens with one attached hydrogen (secondary N) is 1. The molecule has 2 N–H and O–H groups in total. The Hall–Kier alpha value is -3.46. The van der Waals surface area contributed by atoms with Gasteiger partial charge in [-0.05, 0) is 61.4 Å². The van der Waals surface area contributed by atoms with E-state index >= 15 is 0 Å². The molecule has 0 amide bonds. The van der Waals surface area contributed by atoms with Gasteiger partial charge in [0, 0.05) is 6.04 Å². The Labute approximate surface area is 193 Å². The summed E-state index contributed by atoms with van der Waals surface area (Å²) in [5, 5.41) is 25.6. The maximum absolute atomic E-state index is 11.7. The van der Waals surface area contributed by atoms with Gasteiger partial charge in [-0.25, -0.2) is 4.68 Å². The summed E-state index contributed by atoms with van der Waals surface area (Å²) in [5.41, 5.74) is 2.39. The molecule has 0 fully saturated rings. The SMILES string of the molecule is COc1ccc(C(NC(CC(=O)O)c2ccc(C)cc2)c2nnnn2C(C)(C)C)cc1OC. The van der Waals surface area contributed by atoms with Crippen molar-refractivity contribution in [1.82, 2.24) is 25.5 Å². The van der Waals surface area contributed by atoms with E-state index in [4.69, 9.17) is 9.47 Å².